The third kappa shape index (κ3) is 8.82. The van der Waals surface area contributed by atoms with Gasteiger partial charge in [-0.1, -0.05) is 12.8 Å². The van der Waals surface area contributed by atoms with Gasteiger partial charge in [0.25, 0.3) is 0 Å². The first-order valence-electron chi connectivity index (χ1n) is 9.99. The summed E-state index contributed by atoms with van der Waals surface area (Å²) in [6.45, 7) is 8.49. The molecule has 1 saturated carbocycles. The average molecular weight is 516 g/mol. The Hall–Kier alpha value is -0.130. The molecule has 1 aliphatic heterocycles. The molecule has 160 valence electrons. The van der Waals surface area contributed by atoms with E-state index < -0.39 is 10.0 Å². The molecule has 0 spiro atoms. The van der Waals surface area contributed by atoms with Gasteiger partial charge in [0.05, 0.1) is 5.75 Å². The number of likely N-dealkylation sites (tertiary alicyclic amines) is 1. The molecule has 1 saturated heterocycles. The molecule has 1 aliphatic carbocycles. The van der Waals surface area contributed by atoms with Crippen LogP contribution >= 0.6 is 24.0 Å². The van der Waals surface area contributed by atoms with E-state index in [-0.39, 0.29) is 35.3 Å². The summed E-state index contributed by atoms with van der Waals surface area (Å²) in [5.74, 6) is 1.25. The quantitative estimate of drug-likeness (QED) is 0.248. The second-order valence-corrected chi connectivity index (χ2v) is 10.1. The van der Waals surface area contributed by atoms with Crippen molar-refractivity contribution in [3.05, 3.63) is 0 Å². The maximum absolute atomic E-state index is 12.1. The Labute approximate surface area is 182 Å². The fourth-order valence-electron chi connectivity index (χ4n) is 3.45. The number of guanidine groups is 1. The van der Waals surface area contributed by atoms with Crippen molar-refractivity contribution < 1.29 is 8.42 Å². The van der Waals surface area contributed by atoms with E-state index in [1.807, 2.05) is 0 Å². The summed E-state index contributed by atoms with van der Waals surface area (Å²) in [4.78, 5) is 6.73. The van der Waals surface area contributed by atoms with E-state index in [4.69, 9.17) is 0 Å². The number of halogens is 1. The van der Waals surface area contributed by atoms with E-state index in [2.05, 4.69) is 39.1 Å². The van der Waals surface area contributed by atoms with Crippen LogP contribution in [-0.2, 0) is 10.0 Å². The number of piperidine rings is 1. The van der Waals surface area contributed by atoms with Crippen LogP contribution in [0.1, 0.15) is 52.4 Å². The van der Waals surface area contributed by atoms with Gasteiger partial charge in [0.2, 0.25) is 10.0 Å². The van der Waals surface area contributed by atoms with Crippen LogP contribution in [0, 0.1) is 5.92 Å². The lowest BCUT2D eigenvalue weighted by Gasteiger charge is -2.41. The summed E-state index contributed by atoms with van der Waals surface area (Å²) < 4.78 is 26.8. The molecule has 0 aromatic carbocycles. The Bertz CT molecular complexity index is 558. The lowest BCUT2D eigenvalue weighted by atomic mass is 9.86. The predicted octanol–water partition coefficient (Wildman–Crippen LogP) is 1.75. The van der Waals surface area contributed by atoms with Gasteiger partial charge in [-0.05, 0) is 58.5 Å². The molecule has 3 N–H and O–H groups in total. The highest BCUT2D eigenvalue weighted by molar-refractivity contribution is 14.0. The number of hydrogen-bond acceptors (Lipinski definition) is 4. The molecule has 2 rings (SSSR count). The van der Waals surface area contributed by atoms with Crippen LogP contribution < -0.4 is 15.4 Å². The third-order valence-corrected chi connectivity index (χ3v) is 6.95. The van der Waals surface area contributed by atoms with Crippen LogP contribution in [0.5, 0.6) is 0 Å². The molecule has 9 heteroatoms. The van der Waals surface area contributed by atoms with Gasteiger partial charge in [-0.3, -0.25) is 9.89 Å². The van der Waals surface area contributed by atoms with Crippen LogP contribution in [0.25, 0.3) is 0 Å². The summed E-state index contributed by atoms with van der Waals surface area (Å²) in [6.07, 6.45) is 7.37. The number of aliphatic imine (C=N–C) groups is 1. The normalized spacial score (nSPS) is 19.9. The minimum absolute atomic E-state index is 0. The monoisotopic (exact) mass is 515 g/mol. The molecular weight excluding hydrogens is 477 g/mol. The van der Waals surface area contributed by atoms with Crippen molar-refractivity contribution >= 4 is 40.0 Å². The lowest BCUT2D eigenvalue weighted by Crippen LogP contribution is -2.55. The molecule has 0 atom stereocenters. The maximum Gasteiger partial charge on any atom is 0.213 e. The highest BCUT2D eigenvalue weighted by Gasteiger charge is 2.28. The topological polar surface area (TPSA) is 85.8 Å². The number of sulfonamides is 1. The van der Waals surface area contributed by atoms with E-state index in [0.29, 0.717) is 25.0 Å². The highest BCUT2D eigenvalue weighted by Crippen LogP contribution is 2.25. The van der Waals surface area contributed by atoms with Gasteiger partial charge in [-0.2, -0.15) is 0 Å². The molecule has 7 nitrogen and oxygen atoms in total. The molecular formula is C18H38IN5O2S. The highest BCUT2D eigenvalue weighted by atomic mass is 127. The molecule has 0 amide bonds. The number of nitrogens with zero attached hydrogens (tertiary/aromatic N) is 2. The predicted molar refractivity (Wildman–Crippen MR) is 123 cm³/mol. The molecule has 2 fully saturated rings. The Balaban J connectivity index is 0.00000364. The minimum atomic E-state index is -3.22. The van der Waals surface area contributed by atoms with E-state index in [9.17, 15) is 8.42 Å². The van der Waals surface area contributed by atoms with Crippen molar-refractivity contribution in [2.75, 3.05) is 45.5 Å². The smallest absolute Gasteiger partial charge is 0.213 e. The number of hydrogen-bond donors (Lipinski definition) is 3. The molecule has 1 heterocycles. The molecule has 2 aliphatic rings. The van der Waals surface area contributed by atoms with Crippen LogP contribution in [0.4, 0.5) is 0 Å². The zero-order valence-corrected chi connectivity index (χ0v) is 20.2. The van der Waals surface area contributed by atoms with Crippen molar-refractivity contribution in [3.8, 4) is 0 Å². The SMILES string of the molecule is CN=C(NCCS(=O)(=O)NCC1CCC1)NCC(C)(C)N1CCCCC1.I. The largest absolute Gasteiger partial charge is 0.355 e. The first kappa shape index (κ1) is 24.9. The lowest BCUT2D eigenvalue weighted by molar-refractivity contribution is 0.0982. The van der Waals surface area contributed by atoms with Gasteiger partial charge in [0.1, 0.15) is 0 Å². The Morgan fingerprint density at radius 3 is 2.33 bits per heavy atom. The van der Waals surface area contributed by atoms with Gasteiger partial charge in [-0.15, -0.1) is 24.0 Å². The van der Waals surface area contributed by atoms with Crippen molar-refractivity contribution in [1.29, 1.82) is 0 Å². The molecule has 0 radical (unpaired) electrons. The summed E-state index contributed by atoms with van der Waals surface area (Å²) in [7, 11) is -1.51. The summed E-state index contributed by atoms with van der Waals surface area (Å²) in [5, 5.41) is 6.46. The molecule has 27 heavy (non-hydrogen) atoms. The van der Waals surface area contributed by atoms with Crippen LogP contribution in [-0.4, -0.2) is 70.3 Å². The van der Waals surface area contributed by atoms with Crippen molar-refractivity contribution in [1.82, 2.24) is 20.3 Å². The van der Waals surface area contributed by atoms with Crippen LogP contribution in [0.2, 0.25) is 0 Å². The minimum Gasteiger partial charge on any atom is -0.355 e. The van der Waals surface area contributed by atoms with E-state index in [1.165, 1.54) is 25.7 Å². The van der Waals surface area contributed by atoms with Gasteiger partial charge < -0.3 is 10.6 Å². The molecule has 0 unspecified atom stereocenters. The van der Waals surface area contributed by atoms with Crippen LogP contribution in [0.15, 0.2) is 4.99 Å². The first-order chi connectivity index (χ1) is 12.3. The summed E-state index contributed by atoms with van der Waals surface area (Å²) >= 11 is 0. The second-order valence-electron chi connectivity index (χ2n) is 8.18. The summed E-state index contributed by atoms with van der Waals surface area (Å²) in [5.41, 5.74) is 0.0500. The van der Waals surface area contributed by atoms with E-state index in [0.717, 1.165) is 32.5 Å². The molecule has 0 aromatic heterocycles. The zero-order valence-electron chi connectivity index (χ0n) is 17.1. The average Bonchev–Trinajstić information content (AvgIpc) is 2.57. The zero-order chi connectivity index (χ0) is 19.0. The van der Waals surface area contributed by atoms with E-state index in [1.54, 1.807) is 7.05 Å². The Kier molecular flexibility index (Phi) is 10.9. The standard InChI is InChI=1S/C18H37N5O2S.HI/c1-18(2,23-11-5-4-6-12-23)15-21-17(19-3)20-10-13-26(24,25)22-14-16-8-7-9-16;/h16,22H,4-15H2,1-3H3,(H2,19,20,21);1H. The van der Waals surface area contributed by atoms with Gasteiger partial charge in [0, 0.05) is 32.2 Å². The summed E-state index contributed by atoms with van der Waals surface area (Å²) in [6, 6.07) is 0. The fourth-order valence-corrected chi connectivity index (χ4v) is 4.45. The molecule has 0 aromatic rings. The molecule has 0 bridgehead atoms. The third-order valence-electron chi connectivity index (χ3n) is 5.60. The number of nitrogens with one attached hydrogen (secondary N) is 3. The van der Waals surface area contributed by atoms with Gasteiger partial charge in [-0.25, -0.2) is 13.1 Å². The first-order valence-corrected chi connectivity index (χ1v) is 11.6. The van der Waals surface area contributed by atoms with Crippen molar-refractivity contribution in [3.63, 3.8) is 0 Å². The van der Waals surface area contributed by atoms with Gasteiger partial charge in [0.15, 0.2) is 5.96 Å². The van der Waals surface area contributed by atoms with Crippen molar-refractivity contribution in [2.24, 2.45) is 10.9 Å². The Morgan fingerprint density at radius 2 is 1.78 bits per heavy atom. The van der Waals surface area contributed by atoms with E-state index >= 15 is 0 Å². The maximum atomic E-state index is 12.1. The van der Waals surface area contributed by atoms with Crippen LogP contribution in [0.3, 0.4) is 0 Å². The second kappa shape index (κ2) is 11.8. The fraction of sp³-hybridized carbons (Fsp3) is 0.944. The van der Waals surface area contributed by atoms with Gasteiger partial charge >= 0.3 is 0 Å². The van der Waals surface area contributed by atoms with Crippen molar-refractivity contribution in [2.45, 2.75) is 57.9 Å². The Morgan fingerprint density at radius 1 is 1.11 bits per heavy atom. The number of rotatable bonds is 9.